The van der Waals surface area contributed by atoms with E-state index in [9.17, 15) is 9.59 Å². The first-order valence-corrected chi connectivity index (χ1v) is 5.21. The molecule has 88 valence electrons. The third-order valence-electron chi connectivity index (χ3n) is 1.94. The van der Waals surface area contributed by atoms with Crippen LogP contribution in [0.15, 0.2) is 0 Å². The molecule has 2 N–H and O–H groups in total. The van der Waals surface area contributed by atoms with Crippen LogP contribution >= 0.6 is 0 Å². The highest BCUT2D eigenvalue weighted by atomic mass is 16.5. The van der Waals surface area contributed by atoms with Gasteiger partial charge in [-0.1, -0.05) is 6.92 Å². The van der Waals surface area contributed by atoms with Gasteiger partial charge in [-0.3, -0.25) is 4.79 Å². The van der Waals surface area contributed by atoms with Crippen molar-refractivity contribution in [3.63, 3.8) is 0 Å². The number of aliphatic carboxylic acids is 1. The molecule has 0 aliphatic carbocycles. The van der Waals surface area contributed by atoms with Crippen molar-refractivity contribution >= 4 is 11.9 Å². The first-order chi connectivity index (χ1) is 7.11. The Kier molecular flexibility index (Phi) is 7.62. The molecule has 0 fully saturated rings. The molecule has 0 aromatic carbocycles. The summed E-state index contributed by atoms with van der Waals surface area (Å²) in [6, 6.07) is -0.774. The zero-order valence-corrected chi connectivity index (χ0v) is 9.28. The van der Waals surface area contributed by atoms with Gasteiger partial charge in [-0.15, -0.1) is 0 Å². The highest BCUT2D eigenvalue weighted by molar-refractivity contribution is 5.83. The number of carboxylic acids is 1. The van der Waals surface area contributed by atoms with E-state index in [4.69, 9.17) is 9.84 Å². The molecule has 0 aliphatic rings. The second-order valence-corrected chi connectivity index (χ2v) is 3.17. The molecule has 0 spiro atoms. The summed E-state index contributed by atoms with van der Waals surface area (Å²) < 4.78 is 5.07. The summed E-state index contributed by atoms with van der Waals surface area (Å²) in [6.07, 6.45) is 1.33. The lowest BCUT2D eigenvalue weighted by atomic mass is 10.2. The summed E-state index contributed by atoms with van der Waals surface area (Å²) in [5.41, 5.74) is 0. The van der Waals surface area contributed by atoms with Gasteiger partial charge in [0.05, 0.1) is 0 Å². The Labute approximate surface area is 89.8 Å². The fourth-order valence-corrected chi connectivity index (χ4v) is 1.08. The van der Waals surface area contributed by atoms with Gasteiger partial charge in [-0.25, -0.2) is 4.79 Å². The molecule has 1 atom stereocenters. The van der Waals surface area contributed by atoms with Gasteiger partial charge in [0.2, 0.25) is 5.91 Å². The van der Waals surface area contributed by atoms with Crippen LogP contribution in [0.3, 0.4) is 0 Å². The second kappa shape index (κ2) is 8.23. The molecule has 0 saturated carbocycles. The Hall–Kier alpha value is -1.10. The van der Waals surface area contributed by atoms with E-state index in [1.54, 1.807) is 6.92 Å². The van der Waals surface area contributed by atoms with Crippen molar-refractivity contribution in [2.75, 3.05) is 13.2 Å². The van der Waals surface area contributed by atoms with Gasteiger partial charge in [0.15, 0.2) is 0 Å². The minimum absolute atomic E-state index is 0.232. The summed E-state index contributed by atoms with van der Waals surface area (Å²) in [4.78, 5) is 21.9. The van der Waals surface area contributed by atoms with E-state index in [1.807, 2.05) is 6.92 Å². The van der Waals surface area contributed by atoms with Gasteiger partial charge in [-0.2, -0.15) is 0 Å². The van der Waals surface area contributed by atoms with E-state index in [1.165, 1.54) is 0 Å². The molecule has 0 unspecified atom stereocenters. The maximum absolute atomic E-state index is 11.2. The van der Waals surface area contributed by atoms with E-state index >= 15 is 0 Å². The van der Waals surface area contributed by atoms with Gasteiger partial charge < -0.3 is 15.2 Å². The third kappa shape index (κ3) is 6.90. The highest BCUT2D eigenvalue weighted by Crippen LogP contribution is 1.95. The molecule has 15 heavy (non-hydrogen) atoms. The van der Waals surface area contributed by atoms with Crippen LogP contribution in [0.4, 0.5) is 0 Å². The van der Waals surface area contributed by atoms with E-state index in [-0.39, 0.29) is 5.91 Å². The number of carbonyl (C=O) groups excluding carboxylic acids is 1. The van der Waals surface area contributed by atoms with Crippen LogP contribution in [0.25, 0.3) is 0 Å². The predicted octanol–water partition coefficient (Wildman–Crippen LogP) is 0.782. The number of amides is 1. The Bertz CT molecular complexity index is 206. The van der Waals surface area contributed by atoms with Crippen molar-refractivity contribution in [2.24, 2.45) is 0 Å². The molecule has 0 bridgehead atoms. The zero-order valence-electron chi connectivity index (χ0n) is 9.28. The number of hydrogen-bond acceptors (Lipinski definition) is 3. The lowest BCUT2D eigenvalue weighted by Gasteiger charge is -2.11. The van der Waals surface area contributed by atoms with Crippen molar-refractivity contribution in [2.45, 2.75) is 39.2 Å². The molecular formula is C10H19NO4. The van der Waals surface area contributed by atoms with E-state index in [0.29, 0.717) is 32.5 Å². The smallest absolute Gasteiger partial charge is 0.326 e. The van der Waals surface area contributed by atoms with Crippen LogP contribution in [-0.2, 0) is 14.3 Å². The molecule has 0 saturated heterocycles. The van der Waals surface area contributed by atoms with Crippen LogP contribution in [0.2, 0.25) is 0 Å². The Morgan fingerprint density at radius 1 is 1.40 bits per heavy atom. The van der Waals surface area contributed by atoms with Crippen molar-refractivity contribution < 1.29 is 19.4 Å². The normalized spacial score (nSPS) is 12.1. The average Bonchev–Trinajstić information content (AvgIpc) is 2.20. The highest BCUT2D eigenvalue weighted by Gasteiger charge is 2.16. The minimum atomic E-state index is -0.990. The number of carbonyl (C=O) groups is 2. The van der Waals surface area contributed by atoms with Gasteiger partial charge in [0.25, 0.3) is 0 Å². The van der Waals surface area contributed by atoms with E-state index < -0.39 is 12.0 Å². The summed E-state index contributed by atoms with van der Waals surface area (Å²) >= 11 is 0. The molecule has 0 rings (SSSR count). The summed E-state index contributed by atoms with van der Waals surface area (Å²) in [7, 11) is 0. The summed E-state index contributed by atoms with van der Waals surface area (Å²) in [6.45, 7) is 4.78. The predicted molar refractivity (Wildman–Crippen MR) is 55.6 cm³/mol. The molecule has 0 aromatic heterocycles. The number of carboxylic acid groups (broad SMARTS) is 1. The Morgan fingerprint density at radius 2 is 2.07 bits per heavy atom. The average molecular weight is 217 g/mol. The molecule has 0 aliphatic heterocycles. The first-order valence-electron chi connectivity index (χ1n) is 5.21. The van der Waals surface area contributed by atoms with Crippen LogP contribution in [0.1, 0.15) is 33.1 Å². The number of hydrogen-bond donors (Lipinski definition) is 2. The molecule has 5 heteroatoms. The number of ether oxygens (including phenoxy) is 1. The molecule has 0 radical (unpaired) electrons. The van der Waals surface area contributed by atoms with Gasteiger partial charge >= 0.3 is 5.97 Å². The van der Waals surface area contributed by atoms with Crippen molar-refractivity contribution in [3.8, 4) is 0 Å². The monoisotopic (exact) mass is 217 g/mol. The maximum atomic E-state index is 11.2. The second-order valence-electron chi connectivity index (χ2n) is 3.17. The standard InChI is InChI=1S/C10H19NO4/c1-3-8(10(13)14)11-9(12)6-5-7-15-4-2/h8H,3-7H2,1-2H3,(H,11,12)(H,13,14)/t8-/m1/s1. The van der Waals surface area contributed by atoms with E-state index in [0.717, 1.165) is 0 Å². The molecular weight excluding hydrogens is 198 g/mol. The number of rotatable bonds is 8. The molecule has 5 nitrogen and oxygen atoms in total. The van der Waals surface area contributed by atoms with Crippen molar-refractivity contribution in [3.05, 3.63) is 0 Å². The van der Waals surface area contributed by atoms with Crippen molar-refractivity contribution in [1.82, 2.24) is 5.32 Å². The largest absolute Gasteiger partial charge is 0.480 e. The Balaban J connectivity index is 3.67. The van der Waals surface area contributed by atoms with Crippen LogP contribution in [-0.4, -0.2) is 36.2 Å². The lowest BCUT2D eigenvalue weighted by Crippen LogP contribution is -2.40. The molecule has 1 amide bonds. The van der Waals surface area contributed by atoms with Crippen LogP contribution < -0.4 is 5.32 Å². The van der Waals surface area contributed by atoms with Gasteiger partial charge in [0, 0.05) is 19.6 Å². The van der Waals surface area contributed by atoms with E-state index in [2.05, 4.69) is 5.32 Å². The topological polar surface area (TPSA) is 75.6 Å². The van der Waals surface area contributed by atoms with Crippen LogP contribution in [0, 0.1) is 0 Å². The molecule has 0 heterocycles. The first kappa shape index (κ1) is 13.9. The third-order valence-corrected chi connectivity index (χ3v) is 1.94. The fourth-order valence-electron chi connectivity index (χ4n) is 1.08. The molecule has 0 aromatic rings. The SMILES string of the molecule is CCOCCCC(=O)N[C@H](CC)C(=O)O. The summed E-state index contributed by atoms with van der Waals surface area (Å²) in [5, 5.41) is 11.1. The van der Waals surface area contributed by atoms with Gasteiger partial charge in [-0.05, 0) is 19.8 Å². The summed E-state index contributed by atoms with van der Waals surface area (Å²) in [5.74, 6) is -1.22. The van der Waals surface area contributed by atoms with Gasteiger partial charge in [0.1, 0.15) is 6.04 Å². The Morgan fingerprint density at radius 3 is 2.53 bits per heavy atom. The fraction of sp³-hybridized carbons (Fsp3) is 0.800. The number of nitrogens with one attached hydrogen (secondary N) is 1. The van der Waals surface area contributed by atoms with Crippen molar-refractivity contribution in [1.29, 1.82) is 0 Å². The zero-order chi connectivity index (χ0) is 11.7. The van der Waals surface area contributed by atoms with Crippen LogP contribution in [0.5, 0.6) is 0 Å². The maximum Gasteiger partial charge on any atom is 0.326 e. The lowest BCUT2D eigenvalue weighted by molar-refractivity contribution is -0.141. The minimum Gasteiger partial charge on any atom is -0.480 e. The quantitative estimate of drug-likeness (QED) is 0.589.